The molecule has 1 aliphatic rings. The maximum atomic E-state index is 12.7. The number of aliphatic hydroxyl groups is 1. The van der Waals surface area contributed by atoms with Crippen LogP contribution in [-0.4, -0.2) is 51.0 Å². The third-order valence-corrected chi connectivity index (χ3v) is 8.59. The normalized spacial score (nSPS) is 20.0. The summed E-state index contributed by atoms with van der Waals surface area (Å²) in [6.45, 7) is 2.64. The van der Waals surface area contributed by atoms with E-state index in [4.69, 9.17) is 14.2 Å². The van der Waals surface area contributed by atoms with Crippen molar-refractivity contribution in [3.63, 3.8) is 0 Å². The zero-order valence-electron chi connectivity index (χ0n) is 25.2. The fraction of sp³-hybridized carbons (Fsp3) is 0.257. The second-order valence-corrected chi connectivity index (χ2v) is 11.7. The van der Waals surface area contributed by atoms with Gasteiger partial charge >= 0.3 is 11.9 Å². The number of pyridine rings is 1. The number of hydrogen-bond acceptors (Lipinski definition) is 9. The molecule has 3 aromatic carbocycles. The highest BCUT2D eigenvalue weighted by Crippen LogP contribution is 2.48. The Morgan fingerprint density at radius 2 is 1.67 bits per heavy atom. The molecule has 1 aliphatic heterocycles. The molecule has 4 aromatic rings. The monoisotopic (exact) mass is 642 g/mol. The Morgan fingerprint density at radius 1 is 0.935 bits per heavy atom. The number of anilines is 1. The molecule has 1 aromatic heterocycles. The summed E-state index contributed by atoms with van der Waals surface area (Å²) in [6, 6.07) is 27.5. The molecular formula is C35H34N2O8S. The SMILES string of the molecule is CC(=O)OC(C)C(=O)Nc1cccc(C2OC(CSc3ncccc3C(=O)O)C(c3ccccc3)C(c3ccc(CO)cc3)O2)c1. The first-order chi connectivity index (χ1) is 22.2. The molecule has 2 heterocycles. The van der Waals surface area contributed by atoms with E-state index in [1.165, 1.54) is 31.7 Å². The molecule has 0 bridgehead atoms. The van der Waals surface area contributed by atoms with Crippen LogP contribution in [0.1, 0.15) is 64.8 Å². The number of aromatic carboxylic acids is 1. The van der Waals surface area contributed by atoms with Crippen molar-refractivity contribution in [2.24, 2.45) is 0 Å². The first kappa shape index (κ1) is 32.8. The smallest absolute Gasteiger partial charge is 0.338 e. The first-order valence-electron chi connectivity index (χ1n) is 14.7. The molecule has 1 amide bonds. The van der Waals surface area contributed by atoms with Crippen LogP contribution >= 0.6 is 11.8 Å². The van der Waals surface area contributed by atoms with Crippen LogP contribution in [0.15, 0.2) is 102 Å². The van der Waals surface area contributed by atoms with Gasteiger partial charge in [-0.2, -0.15) is 0 Å². The summed E-state index contributed by atoms with van der Waals surface area (Å²) >= 11 is 1.30. The number of nitrogens with one attached hydrogen (secondary N) is 1. The van der Waals surface area contributed by atoms with Crippen LogP contribution in [0.25, 0.3) is 0 Å². The van der Waals surface area contributed by atoms with E-state index in [9.17, 15) is 24.6 Å². The minimum Gasteiger partial charge on any atom is -0.478 e. The van der Waals surface area contributed by atoms with Crippen LogP contribution in [0.4, 0.5) is 5.69 Å². The predicted molar refractivity (Wildman–Crippen MR) is 171 cm³/mol. The molecule has 5 atom stereocenters. The highest BCUT2D eigenvalue weighted by molar-refractivity contribution is 7.99. The number of benzene rings is 3. The van der Waals surface area contributed by atoms with Crippen LogP contribution < -0.4 is 5.32 Å². The fourth-order valence-electron chi connectivity index (χ4n) is 5.29. The molecule has 238 valence electrons. The molecule has 10 nitrogen and oxygen atoms in total. The molecule has 0 aliphatic carbocycles. The number of aromatic nitrogens is 1. The molecule has 5 unspecified atom stereocenters. The number of amides is 1. The third kappa shape index (κ3) is 7.99. The van der Waals surface area contributed by atoms with Crippen molar-refractivity contribution < 1.29 is 38.8 Å². The van der Waals surface area contributed by atoms with E-state index in [-0.39, 0.29) is 18.1 Å². The van der Waals surface area contributed by atoms with Gasteiger partial charge < -0.3 is 29.7 Å². The molecule has 3 N–H and O–H groups in total. The lowest BCUT2D eigenvalue weighted by Gasteiger charge is -2.43. The van der Waals surface area contributed by atoms with E-state index in [2.05, 4.69) is 10.3 Å². The summed E-state index contributed by atoms with van der Waals surface area (Å²) in [5, 5.41) is 22.5. The summed E-state index contributed by atoms with van der Waals surface area (Å²) in [7, 11) is 0. The fourth-order valence-corrected chi connectivity index (χ4v) is 6.34. The van der Waals surface area contributed by atoms with Crippen molar-refractivity contribution >= 4 is 35.3 Å². The van der Waals surface area contributed by atoms with Gasteiger partial charge in [0.25, 0.3) is 5.91 Å². The molecule has 1 fully saturated rings. The van der Waals surface area contributed by atoms with Gasteiger partial charge in [0.2, 0.25) is 0 Å². The Kier molecular flexibility index (Phi) is 10.8. The van der Waals surface area contributed by atoms with E-state index in [1.54, 1.807) is 30.5 Å². The van der Waals surface area contributed by atoms with Gasteiger partial charge in [0.05, 0.1) is 24.4 Å². The number of ether oxygens (including phenoxy) is 3. The molecule has 5 rings (SSSR count). The number of carbonyl (C=O) groups is 3. The average Bonchev–Trinajstić information content (AvgIpc) is 3.07. The van der Waals surface area contributed by atoms with Crippen LogP contribution in [-0.2, 0) is 30.4 Å². The van der Waals surface area contributed by atoms with Crippen molar-refractivity contribution in [3.8, 4) is 0 Å². The molecule has 11 heteroatoms. The number of thioether (sulfide) groups is 1. The van der Waals surface area contributed by atoms with Crippen molar-refractivity contribution in [1.29, 1.82) is 0 Å². The topological polar surface area (TPSA) is 144 Å². The third-order valence-electron chi connectivity index (χ3n) is 7.49. The molecule has 0 spiro atoms. The van der Waals surface area contributed by atoms with Gasteiger partial charge in [-0.1, -0.05) is 66.7 Å². The van der Waals surface area contributed by atoms with Crippen LogP contribution in [0.3, 0.4) is 0 Å². The summed E-state index contributed by atoms with van der Waals surface area (Å²) in [5.41, 5.74) is 3.82. The van der Waals surface area contributed by atoms with Crippen molar-refractivity contribution in [3.05, 3.63) is 125 Å². The molecular weight excluding hydrogens is 608 g/mol. The highest BCUT2D eigenvalue weighted by atomic mass is 32.2. The van der Waals surface area contributed by atoms with Crippen molar-refractivity contribution in [2.45, 2.75) is 56.0 Å². The molecule has 1 saturated heterocycles. The number of carboxylic acids is 1. The van der Waals surface area contributed by atoms with E-state index in [0.717, 1.165) is 16.7 Å². The largest absolute Gasteiger partial charge is 0.478 e. The van der Waals surface area contributed by atoms with E-state index in [1.807, 2.05) is 60.7 Å². The van der Waals surface area contributed by atoms with Gasteiger partial charge in [-0.3, -0.25) is 9.59 Å². The summed E-state index contributed by atoms with van der Waals surface area (Å²) in [6.07, 6.45) is -1.25. The maximum absolute atomic E-state index is 12.7. The van der Waals surface area contributed by atoms with E-state index >= 15 is 0 Å². The Labute approximate surface area is 270 Å². The Hall–Kier alpha value is -4.55. The van der Waals surface area contributed by atoms with E-state index in [0.29, 0.717) is 22.0 Å². The second-order valence-electron chi connectivity index (χ2n) is 10.7. The molecule has 0 saturated carbocycles. The Bertz CT molecular complexity index is 1670. The van der Waals surface area contributed by atoms with Crippen LogP contribution in [0.5, 0.6) is 0 Å². The van der Waals surface area contributed by atoms with Gasteiger partial charge in [0, 0.05) is 36.0 Å². The summed E-state index contributed by atoms with van der Waals surface area (Å²) in [5.74, 6) is -2.04. The Balaban J connectivity index is 1.51. The van der Waals surface area contributed by atoms with Crippen molar-refractivity contribution in [2.75, 3.05) is 11.1 Å². The van der Waals surface area contributed by atoms with Crippen LogP contribution in [0.2, 0.25) is 0 Å². The number of esters is 1. The predicted octanol–water partition coefficient (Wildman–Crippen LogP) is 5.89. The second kappa shape index (κ2) is 15.2. The van der Waals surface area contributed by atoms with Gasteiger partial charge in [0.15, 0.2) is 12.4 Å². The lowest BCUT2D eigenvalue weighted by Crippen LogP contribution is -2.38. The minimum atomic E-state index is -1.07. The number of rotatable bonds is 11. The summed E-state index contributed by atoms with van der Waals surface area (Å²) in [4.78, 5) is 40.2. The zero-order valence-corrected chi connectivity index (χ0v) is 26.1. The number of aliphatic hydroxyl groups excluding tert-OH is 1. The van der Waals surface area contributed by atoms with Gasteiger partial charge in [-0.25, -0.2) is 9.78 Å². The van der Waals surface area contributed by atoms with Gasteiger partial charge in [-0.05, 0) is 47.9 Å². The number of carbonyl (C=O) groups excluding carboxylic acids is 2. The lowest BCUT2D eigenvalue weighted by atomic mass is 9.84. The quantitative estimate of drug-likeness (QED) is 0.134. The lowest BCUT2D eigenvalue weighted by molar-refractivity contribution is -0.255. The molecule has 0 radical (unpaired) electrons. The van der Waals surface area contributed by atoms with E-state index < -0.39 is 42.4 Å². The number of hydrogen-bond donors (Lipinski definition) is 3. The number of nitrogens with zero attached hydrogens (tertiary/aromatic N) is 1. The zero-order chi connectivity index (χ0) is 32.6. The maximum Gasteiger partial charge on any atom is 0.338 e. The minimum absolute atomic E-state index is 0.0938. The van der Waals surface area contributed by atoms with Crippen LogP contribution in [0, 0.1) is 0 Å². The van der Waals surface area contributed by atoms with Crippen molar-refractivity contribution in [1.82, 2.24) is 4.98 Å². The standard InChI is InChI=1S/C35H34N2O8S/c1-21(43-22(2)39)32(40)37-27-11-6-10-26(18-27)35-44-29(20-46-33-28(34(41)42)12-7-17-36-33)30(24-8-4-3-5-9-24)31(45-35)25-15-13-23(19-38)14-16-25/h3-18,21,29-31,35,38H,19-20H2,1-2H3,(H,37,40)(H,41,42). The summed E-state index contributed by atoms with van der Waals surface area (Å²) < 4.78 is 18.4. The average molecular weight is 643 g/mol. The number of carboxylic acid groups (broad SMARTS) is 1. The molecule has 46 heavy (non-hydrogen) atoms. The first-order valence-corrected chi connectivity index (χ1v) is 15.7. The highest BCUT2D eigenvalue weighted by Gasteiger charge is 2.42. The van der Waals surface area contributed by atoms with Gasteiger partial charge in [0.1, 0.15) is 5.03 Å². The van der Waals surface area contributed by atoms with Gasteiger partial charge in [-0.15, -0.1) is 11.8 Å². The Morgan fingerprint density at radius 3 is 2.37 bits per heavy atom.